The van der Waals surface area contributed by atoms with Crippen LogP contribution in [0.15, 0.2) is 40.8 Å². The summed E-state index contributed by atoms with van der Waals surface area (Å²) in [5, 5.41) is 11.5. The molecule has 1 aromatic carbocycles. The molecular formula is C16H17N3OS. The highest BCUT2D eigenvalue weighted by Crippen LogP contribution is 2.20. The first-order valence-corrected chi connectivity index (χ1v) is 7.68. The molecule has 0 aliphatic carbocycles. The molecule has 0 radical (unpaired) electrons. The summed E-state index contributed by atoms with van der Waals surface area (Å²) in [4.78, 5) is 2.70. The SMILES string of the molecule is Cc1cc(CNCc2nnc(-c3ccccc3)o2)sc1C. The van der Waals surface area contributed by atoms with Crippen molar-refractivity contribution in [2.45, 2.75) is 26.9 Å². The van der Waals surface area contributed by atoms with Crippen LogP contribution >= 0.6 is 11.3 Å². The van der Waals surface area contributed by atoms with Crippen LogP contribution in [-0.4, -0.2) is 10.2 Å². The quantitative estimate of drug-likeness (QED) is 0.780. The molecule has 4 nitrogen and oxygen atoms in total. The number of aryl methyl sites for hydroxylation is 2. The lowest BCUT2D eigenvalue weighted by atomic mass is 10.2. The summed E-state index contributed by atoms with van der Waals surface area (Å²) in [5.41, 5.74) is 2.29. The average Bonchev–Trinajstić information content (AvgIpc) is 3.08. The third-order valence-electron chi connectivity index (χ3n) is 3.28. The molecule has 0 unspecified atom stereocenters. The standard InChI is InChI=1S/C16H17N3OS/c1-11-8-14(21-12(11)2)9-17-10-15-18-19-16(20-15)13-6-4-3-5-7-13/h3-8,17H,9-10H2,1-2H3. The summed E-state index contributed by atoms with van der Waals surface area (Å²) < 4.78 is 5.66. The first-order chi connectivity index (χ1) is 10.2. The lowest BCUT2D eigenvalue weighted by molar-refractivity contribution is 0.478. The van der Waals surface area contributed by atoms with E-state index in [4.69, 9.17) is 4.42 Å². The Kier molecular flexibility index (Phi) is 4.13. The van der Waals surface area contributed by atoms with E-state index in [-0.39, 0.29) is 0 Å². The Labute approximate surface area is 127 Å². The average molecular weight is 299 g/mol. The Balaban J connectivity index is 1.58. The van der Waals surface area contributed by atoms with Crippen LogP contribution in [0.3, 0.4) is 0 Å². The van der Waals surface area contributed by atoms with Gasteiger partial charge in [-0.2, -0.15) is 0 Å². The van der Waals surface area contributed by atoms with E-state index in [1.54, 1.807) is 0 Å². The van der Waals surface area contributed by atoms with Crippen LogP contribution in [0.25, 0.3) is 11.5 Å². The second kappa shape index (κ2) is 6.20. The van der Waals surface area contributed by atoms with Crippen molar-refractivity contribution in [2.75, 3.05) is 0 Å². The number of nitrogens with zero attached hydrogens (tertiary/aromatic N) is 2. The van der Waals surface area contributed by atoms with Gasteiger partial charge < -0.3 is 9.73 Å². The zero-order chi connectivity index (χ0) is 14.7. The van der Waals surface area contributed by atoms with Gasteiger partial charge in [-0.15, -0.1) is 21.5 Å². The fourth-order valence-corrected chi connectivity index (χ4v) is 3.08. The third-order valence-corrected chi connectivity index (χ3v) is 4.43. The van der Waals surface area contributed by atoms with Gasteiger partial charge in [-0.3, -0.25) is 0 Å². The first kappa shape index (κ1) is 14.0. The Bertz CT molecular complexity index is 699. The summed E-state index contributed by atoms with van der Waals surface area (Å²) in [5.74, 6) is 1.18. The molecule has 21 heavy (non-hydrogen) atoms. The Morgan fingerprint density at radius 1 is 1.10 bits per heavy atom. The normalized spacial score (nSPS) is 11.0. The van der Waals surface area contributed by atoms with Crippen molar-refractivity contribution >= 4 is 11.3 Å². The Morgan fingerprint density at radius 3 is 2.62 bits per heavy atom. The minimum absolute atomic E-state index is 0.565. The van der Waals surface area contributed by atoms with Gasteiger partial charge in [0, 0.05) is 21.9 Å². The van der Waals surface area contributed by atoms with E-state index >= 15 is 0 Å². The molecule has 0 fully saturated rings. The van der Waals surface area contributed by atoms with Crippen molar-refractivity contribution < 1.29 is 4.42 Å². The number of benzene rings is 1. The number of aromatic nitrogens is 2. The molecule has 0 amide bonds. The molecule has 5 heteroatoms. The van der Waals surface area contributed by atoms with Crippen molar-refractivity contribution in [1.82, 2.24) is 15.5 Å². The van der Waals surface area contributed by atoms with Gasteiger partial charge in [0.1, 0.15) is 0 Å². The number of hydrogen-bond acceptors (Lipinski definition) is 5. The molecule has 1 N–H and O–H groups in total. The van der Waals surface area contributed by atoms with E-state index in [1.807, 2.05) is 41.7 Å². The predicted octanol–water partition coefficient (Wildman–Crippen LogP) is 3.70. The number of nitrogens with one attached hydrogen (secondary N) is 1. The molecule has 0 saturated carbocycles. The maximum absolute atomic E-state index is 5.66. The lowest BCUT2D eigenvalue weighted by Crippen LogP contribution is -2.11. The van der Waals surface area contributed by atoms with Gasteiger partial charge in [-0.1, -0.05) is 18.2 Å². The van der Waals surface area contributed by atoms with Crippen LogP contribution in [0.2, 0.25) is 0 Å². The van der Waals surface area contributed by atoms with Crippen LogP contribution in [0, 0.1) is 13.8 Å². The highest BCUT2D eigenvalue weighted by molar-refractivity contribution is 7.12. The molecule has 3 rings (SSSR count). The van der Waals surface area contributed by atoms with E-state index in [0.29, 0.717) is 18.3 Å². The minimum atomic E-state index is 0.565. The number of rotatable bonds is 5. The zero-order valence-electron chi connectivity index (χ0n) is 12.1. The monoisotopic (exact) mass is 299 g/mol. The van der Waals surface area contributed by atoms with Gasteiger partial charge in [0.25, 0.3) is 0 Å². The zero-order valence-corrected chi connectivity index (χ0v) is 12.9. The van der Waals surface area contributed by atoms with Crippen molar-refractivity contribution in [3.63, 3.8) is 0 Å². The molecule has 0 bridgehead atoms. The van der Waals surface area contributed by atoms with Gasteiger partial charge in [0.2, 0.25) is 11.8 Å². The minimum Gasteiger partial charge on any atom is -0.419 e. The third kappa shape index (κ3) is 3.37. The van der Waals surface area contributed by atoms with E-state index in [2.05, 4.69) is 35.4 Å². The summed E-state index contributed by atoms with van der Waals surface area (Å²) in [6.45, 7) is 5.69. The maximum Gasteiger partial charge on any atom is 0.247 e. The van der Waals surface area contributed by atoms with Gasteiger partial charge in [0.05, 0.1) is 6.54 Å². The Morgan fingerprint density at radius 2 is 1.90 bits per heavy atom. The first-order valence-electron chi connectivity index (χ1n) is 6.87. The van der Waals surface area contributed by atoms with Gasteiger partial charge in [0.15, 0.2) is 0 Å². The fraction of sp³-hybridized carbons (Fsp3) is 0.250. The summed E-state index contributed by atoms with van der Waals surface area (Å²) in [6.07, 6.45) is 0. The molecular weight excluding hydrogens is 282 g/mol. The highest BCUT2D eigenvalue weighted by Gasteiger charge is 2.08. The van der Waals surface area contributed by atoms with Crippen molar-refractivity contribution in [1.29, 1.82) is 0 Å². The molecule has 2 aromatic heterocycles. The van der Waals surface area contributed by atoms with E-state index in [9.17, 15) is 0 Å². The van der Waals surface area contributed by atoms with Gasteiger partial charge in [-0.25, -0.2) is 0 Å². The van der Waals surface area contributed by atoms with Gasteiger partial charge in [-0.05, 0) is 37.6 Å². The lowest BCUT2D eigenvalue weighted by Gasteiger charge is -1.98. The maximum atomic E-state index is 5.66. The summed E-state index contributed by atoms with van der Waals surface area (Å²) in [7, 11) is 0. The number of hydrogen-bond donors (Lipinski definition) is 1. The van der Waals surface area contributed by atoms with E-state index in [1.165, 1.54) is 15.3 Å². The van der Waals surface area contributed by atoms with Crippen LogP contribution in [0.5, 0.6) is 0 Å². The van der Waals surface area contributed by atoms with E-state index in [0.717, 1.165) is 12.1 Å². The molecule has 3 aromatic rings. The van der Waals surface area contributed by atoms with Crippen molar-refractivity contribution in [3.8, 4) is 11.5 Å². The molecule has 108 valence electrons. The van der Waals surface area contributed by atoms with Crippen molar-refractivity contribution in [3.05, 3.63) is 57.6 Å². The van der Waals surface area contributed by atoms with Crippen molar-refractivity contribution in [2.24, 2.45) is 0 Å². The summed E-state index contributed by atoms with van der Waals surface area (Å²) >= 11 is 1.82. The molecule has 0 aliphatic rings. The molecule has 0 spiro atoms. The smallest absolute Gasteiger partial charge is 0.247 e. The summed E-state index contributed by atoms with van der Waals surface area (Å²) in [6, 6.07) is 12.0. The fourth-order valence-electron chi connectivity index (χ4n) is 2.05. The second-order valence-electron chi connectivity index (χ2n) is 4.92. The van der Waals surface area contributed by atoms with Crippen LogP contribution < -0.4 is 5.32 Å². The van der Waals surface area contributed by atoms with Crippen LogP contribution in [0.4, 0.5) is 0 Å². The molecule has 0 aliphatic heterocycles. The topological polar surface area (TPSA) is 51.0 Å². The molecule has 0 saturated heterocycles. The van der Waals surface area contributed by atoms with E-state index < -0.39 is 0 Å². The molecule has 2 heterocycles. The number of thiophene rings is 1. The molecule has 0 atom stereocenters. The largest absolute Gasteiger partial charge is 0.419 e. The van der Waals surface area contributed by atoms with Gasteiger partial charge >= 0.3 is 0 Å². The Hall–Kier alpha value is -1.98. The second-order valence-corrected chi connectivity index (χ2v) is 6.26. The van der Waals surface area contributed by atoms with Crippen LogP contribution in [0.1, 0.15) is 21.2 Å². The predicted molar refractivity (Wildman–Crippen MR) is 84.1 cm³/mol. The highest BCUT2D eigenvalue weighted by atomic mass is 32.1. The van der Waals surface area contributed by atoms with Crippen LogP contribution in [-0.2, 0) is 13.1 Å².